The molecule has 3 rings (SSSR count). The van der Waals surface area contributed by atoms with E-state index in [9.17, 15) is 0 Å². The van der Waals surface area contributed by atoms with Crippen LogP contribution < -0.4 is 0 Å². The number of hydrogen-bond donors (Lipinski definition) is 0. The van der Waals surface area contributed by atoms with Crippen LogP contribution in [0.25, 0.3) is 17.2 Å². The van der Waals surface area contributed by atoms with E-state index in [1.54, 1.807) is 0 Å². The summed E-state index contributed by atoms with van der Waals surface area (Å²) in [5.74, 6) is 0. The lowest BCUT2D eigenvalue weighted by atomic mass is 9.73. The van der Waals surface area contributed by atoms with Gasteiger partial charge in [0.1, 0.15) is 0 Å². The summed E-state index contributed by atoms with van der Waals surface area (Å²) in [7, 11) is 0. The summed E-state index contributed by atoms with van der Waals surface area (Å²) in [6.07, 6.45) is 2.02. The Morgan fingerprint density at radius 2 is 1.31 bits per heavy atom. The zero-order valence-electron chi connectivity index (χ0n) is 16.6. The number of rotatable bonds is 4. The SMILES string of the molecule is C=Cc1c(C(C)(C)c2ccccc2C)ccc(-c2ccccc2C)c1C. The van der Waals surface area contributed by atoms with E-state index in [1.165, 1.54) is 44.5 Å². The molecule has 0 fully saturated rings. The Morgan fingerprint density at radius 1 is 0.692 bits per heavy atom. The fraction of sp³-hybridized carbons (Fsp3) is 0.231. The minimum atomic E-state index is -0.0795. The quantitative estimate of drug-likeness (QED) is 0.469. The minimum absolute atomic E-state index is 0.0795. The molecular formula is C26H28. The van der Waals surface area contributed by atoms with Crippen molar-refractivity contribution in [2.75, 3.05) is 0 Å². The first kappa shape index (κ1) is 18.2. The molecule has 0 spiro atoms. The standard InChI is InChI=1S/C26H28/c1-7-21-20(4)23(22-14-10-8-12-18(22)2)16-17-25(21)26(5,6)24-15-11-9-13-19(24)3/h7-17H,1H2,2-6H3. The summed E-state index contributed by atoms with van der Waals surface area (Å²) in [6.45, 7) is 15.3. The van der Waals surface area contributed by atoms with Gasteiger partial charge in [0.05, 0.1) is 0 Å². The summed E-state index contributed by atoms with van der Waals surface area (Å²) in [6, 6.07) is 21.8. The molecule has 0 heteroatoms. The molecule has 0 radical (unpaired) electrons. The third kappa shape index (κ3) is 3.01. The van der Waals surface area contributed by atoms with E-state index in [0.717, 1.165) is 0 Å². The van der Waals surface area contributed by atoms with Crippen LogP contribution in [0.1, 0.15) is 47.2 Å². The normalized spacial score (nSPS) is 11.4. The van der Waals surface area contributed by atoms with Crippen LogP contribution >= 0.6 is 0 Å². The van der Waals surface area contributed by atoms with Crippen molar-refractivity contribution in [3.8, 4) is 11.1 Å². The van der Waals surface area contributed by atoms with Gasteiger partial charge in [-0.25, -0.2) is 0 Å². The number of benzene rings is 3. The molecule has 0 bridgehead atoms. The highest BCUT2D eigenvalue weighted by atomic mass is 14.3. The van der Waals surface area contributed by atoms with Crippen LogP contribution in [-0.4, -0.2) is 0 Å². The first-order valence-electron chi connectivity index (χ1n) is 9.26. The smallest absolute Gasteiger partial charge is 0.0155 e. The molecule has 0 nitrogen and oxygen atoms in total. The maximum atomic E-state index is 4.14. The number of aryl methyl sites for hydroxylation is 2. The van der Waals surface area contributed by atoms with Gasteiger partial charge in [0.25, 0.3) is 0 Å². The summed E-state index contributed by atoms with van der Waals surface area (Å²) in [4.78, 5) is 0. The van der Waals surface area contributed by atoms with Gasteiger partial charge >= 0.3 is 0 Å². The molecule has 26 heavy (non-hydrogen) atoms. The lowest BCUT2D eigenvalue weighted by Crippen LogP contribution is -2.22. The molecule has 0 aliphatic carbocycles. The fourth-order valence-corrected chi connectivity index (χ4v) is 4.12. The van der Waals surface area contributed by atoms with Crippen molar-refractivity contribution in [1.29, 1.82) is 0 Å². The van der Waals surface area contributed by atoms with Crippen molar-refractivity contribution in [2.45, 2.75) is 40.0 Å². The molecular weight excluding hydrogens is 312 g/mol. The molecule has 3 aromatic carbocycles. The molecule has 3 aromatic rings. The van der Waals surface area contributed by atoms with Gasteiger partial charge in [-0.05, 0) is 65.3 Å². The van der Waals surface area contributed by atoms with Gasteiger partial charge in [-0.15, -0.1) is 0 Å². The van der Waals surface area contributed by atoms with Gasteiger partial charge in [0, 0.05) is 5.41 Å². The maximum Gasteiger partial charge on any atom is 0.0155 e. The van der Waals surface area contributed by atoms with Crippen molar-refractivity contribution in [3.63, 3.8) is 0 Å². The first-order valence-corrected chi connectivity index (χ1v) is 9.26. The zero-order chi connectivity index (χ0) is 18.9. The van der Waals surface area contributed by atoms with Gasteiger partial charge in [0.2, 0.25) is 0 Å². The highest BCUT2D eigenvalue weighted by Gasteiger charge is 2.28. The van der Waals surface area contributed by atoms with Gasteiger partial charge in [0.15, 0.2) is 0 Å². The third-order valence-corrected chi connectivity index (χ3v) is 5.65. The largest absolute Gasteiger partial charge is 0.0984 e. The molecule has 0 aliphatic rings. The van der Waals surface area contributed by atoms with E-state index in [2.05, 4.69) is 102 Å². The first-order chi connectivity index (χ1) is 12.4. The molecule has 0 N–H and O–H groups in total. The van der Waals surface area contributed by atoms with E-state index in [-0.39, 0.29) is 5.41 Å². The van der Waals surface area contributed by atoms with Crippen molar-refractivity contribution in [2.24, 2.45) is 0 Å². The highest BCUT2D eigenvalue weighted by molar-refractivity contribution is 5.76. The minimum Gasteiger partial charge on any atom is -0.0984 e. The van der Waals surface area contributed by atoms with Crippen LogP contribution in [0.3, 0.4) is 0 Å². The van der Waals surface area contributed by atoms with Crippen LogP contribution in [0.5, 0.6) is 0 Å². The predicted molar refractivity (Wildman–Crippen MR) is 115 cm³/mol. The van der Waals surface area contributed by atoms with Gasteiger partial charge in [-0.3, -0.25) is 0 Å². The monoisotopic (exact) mass is 340 g/mol. The maximum absolute atomic E-state index is 4.14. The van der Waals surface area contributed by atoms with Crippen LogP contribution in [0.2, 0.25) is 0 Å². The van der Waals surface area contributed by atoms with Crippen molar-refractivity contribution < 1.29 is 0 Å². The van der Waals surface area contributed by atoms with Crippen LogP contribution in [0, 0.1) is 20.8 Å². The Morgan fingerprint density at radius 3 is 1.92 bits per heavy atom. The van der Waals surface area contributed by atoms with Crippen LogP contribution in [0.15, 0.2) is 67.2 Å². The second-order valence-corrected chi connectivity index (χ2v) is 7.66. The van der Waals surface area contributed by atoms with E-state index >= 15 is 0 Å². The summed E-state index contributed by atoms with van der Waals surface area (Å²) >= 11 is 0. The molecule has 0 unspecified atom stereocenters. The fourth-order valence-electron chi connectivity index (χ4n) is 4.12. The van der Waals surface area contributed by atoms with Gasteiger partial charge < -0.3 is 0 Å². The van der Waals surface area contributed by atoms with E-state index < -0.39 is 0 Å². The molecule has 0 aliphatic heterocycles. The molecule has 0 saturated heterocycles. The van der Waals surface area contributed by atoms with Crippen molar-refractivity contribution in [1.82, 2.24) is 0 Å². The highest BCUT2D eigenvalue weighted by Crippen LogP contribution is 2.39. The van der Waals surface area contributed by atoms with Crippen LogP contribution in [0.4, 0.5) is 0 Å². The Kier molecular flexibility index (Phi) is 4.87. The molecule has 0 atom stereocenters. The van der Waals surface area contributed by atoms with E-state index in [0.29, 0.717) is 0 Å². The molecule has 0 saturated carbocycles. The summed E-state index contributed by atoms with van der Waals surface area (Å²) in [5.41, 5.74) is 10.4. The lowest BCUT2D eigenvalue weighted by molar-refractivity contribution is 0.634. The Hall–Kier alpha value is -2.60. The van der Waals surface area contributed by atoms with Crippen molar-refractivity contribution in [3.05, 3.63) is 101 Å². The molecule has 0 heterocycles. The van der Waals surface area contributed by atoms with E-state index in [4.69, 9.17) is 0 Å². The van der Waals surface area contributed by atoms with E-state index in [1.807, 2.05) is 6.08 Å². The Balaban J connectivity index is 2.22. The average molecular weight is 341 g/mol. The van der Waals surface area contributed by atoms with Crippen molar-refractivity contribution >= 4 is 6.08 Å². The predicted octanol–water partition coefficient (Wildman–Crippen LogP) is 7.25. The lowest BCUT2D eigenvalue weighted by Gasteiger charge is -2.31. The van der Waals surface area contributed by atoms with Gasteiger partial charge in [-0.2, -0.15) is 0 Å². The molecule has 0 amide bonds. The van der Waals surface area contributed by atoms with Crippen LogP contribution in [-0.2, 0) is 5.41 Å². The summed E-state index contributed by atoms with van der Waals surface area (Å²) in [5, 5.41) is 0. The molecule has 132 valence electrons. The third-order valence-electron chi connectivity index (χ3n) is 5.65. The zero-order valence-corrected chi connectivity index (χ0v) is 16.6. The Labute approximate surface area is 158 Å². The molecule has 0 aromatic heterocycles. The second kappa shape index (κ2) is 6.96. The topological polar surface area (TPSA) is 0 Å². The van der Waals surface area contributed by atoms with Gasteiger partial charge in [-0.1, -0.05) is 87.2 Å². The second-order valence-electron chi connectivity index (χ2n) is 7.66. The number of hydrogen-bond acceptors (Lipinski definition) is 0. The summed E-state index contributed by atoms with van der Waals surface area (Å²) < 4.78 is 0. The average Bonchev–Trinajstić information content (AvgIpc) is 2.62. The Bertz CT molecular complexity index is 958.